The molecule has 1 aromatic heterocycles. The van der Waals surface area contributed by atoms with Crippen molar-refractivity contribution in [1.29, 1.82) is 0 Å². The Bertz CT molecular complexity index is 1140. The molecule has 3 rings (SSSR count). The molecular formula is C23H22N2O5S. The van der Waals surface area contributed by atoms with Gasteiger partial charge in [0.05, 0.1) is 24.7 Å². The van der Waals surface area contributed by atoms with Gasteiger partial charge in [0.15, 0.2) is 0 Å². The molecule has 0 aliphatic heterocycles. The summed E-state index contributed by atoms with van der Waals surface area (Å²) in [6.07, 6.45) is 0. The Hall–Kier alpha value is -3.65. The second-order valence-corrected chi connectivity index (χ2v) is 7.78. The highest BCUT2D eigenvalue weighted by Gasteiger charge is 2.26. The van der Waals surface area contributed by atoms with Crippen LogP contribution in [-0.2, 0) is 4.74 Å². The van der Waals surface area contributed by atoms with E-state index in [9.17, 15) is 14.4 Å². The molecule has 0 aliphatic carbocycles. The molecule has 2 amide bonds. The van der Waals surface area contributed by atoms with E-state index in [4.69, 9.17) is 9.47 Å². The summed E-state index contributed by atoms with van der Waals surface area (Å²) < 4.78 is 10.0. The standard InChI is InChI=1S/C23H22N2O5S/c1-13-8-10-16(11-9-13)24-21(27)19-14(2)18(23(28)30-4)22(31-19)25-20(26)15-6-5-7-17(12-15)29-3/h5-12H,1-4H3,(H,24,27)(H,25,26). The van der Waals surface area contributed by atoms with E-state index in [0.717, 1.165) is 16.9 Å². The highest BCUT2D eigenvalue weighted by Crippen LogP contribution is 2.34. The molecule has 2 N–H and O–H groups in total. The Labute approximate surface area is 184 Å². The van der Waals surface area contributed by atoms with Crippen LogP contribution in [0.3, 0.4) is 0 Å². The average Bonchev–Trinajstić information content (AvgIpc) is 3.10. The maximum absolute atomic E-state index is 12.9. The van der Waals surface area contributed by atoms with Crippen LogP contribution in [0.2, 0.25) is 0 Å². The van der Waals surface area contributed by atoms with E-state index in [1.165, 1.54) is 14.2 Å². The molecule has 0 saturated heterocycles. The van der Waals surface area contributed by atoms with Crippen molar-refractivity contribution in [2.45, 2.75) is 13.8 Å². The summed E-state index contributed by atoms with van der Waals surface area (Å²) in [4.78, 5) is 38.3. The molecule has 0 aliphatic rings. The zero-order valence-electron chi connectivity index (χ0n) is 17.6. The molecule has 160 valence electrons. The predicted molar refractivity (Wildman–Crippen MR) is 120 cm³/mol. The third-order valence-corrected chi connectivity index (χ3v) is 5.82. The first-order valence-corrected chi connectivity index (χ1v) is 10.2. The lowest BCUT2D eigenvalue weighted by molar-refractivity contribution is 0.0601. The van der Waals surface area contributed by atoms with Gasteiger partial charge >= 0.3 is 5.97 Å². The van der Waals surface area contributed by atoms with Crippen LogP contribution in [0.25, 0.3) is 0 Å². The number of methoxy groups -OCH3 is 2. The minimum absolute atomic E-state index is 0.151. The summed E-state index contributed by atoms with van der Waals surface area (Å²) in [5, 5.41) is 5.78. The van der Waals surface area contributed by atoms with Gasteiger partial charge in [-0.05, 0) is 49.7 Å². The summed E-state index contributed by atoms with van der Waals surface area (Å²) in [5.74, 6) is -0.917. The first-order valence-electron chi connectivity index (χ1n) is 9.39. The first kappa shape index (κ1) is 22.0. The number of hydrogen-bond donors (Lipinski definition) is 2. The average molecular weight is 439 g/mol. The number of carbonyl (C=O) groups is 3. The van der Waals surface area contributed by atoms with Gasteiger partial charge in [-0.2, -0.15) is 0 Å². The molecule has 1 heterocycles. The fourth-order valence-electron chi connectivity index (χ4n) is 2.93. The molecule has 2 aromatic carbocycles. The van der Waals surface area contributed by atoms with Crippen LogP contribution < -0.4 is 15.4 Å². The number of hydrogen-bond acceptors (Lipinski definition) is 6. The number of amides is 2. The number of thiophene rings is 1. The highest BCUT2D eigenvalue weighted by molar-refractivity contribution is 7.19. The van der Waals surface area contributed by atoms with Crippen LogP contribution in [0.15, 0.2) is 48.5 Å². The van der Waals surface area contributed by atoms with E-state index >= 15 is 0 Å². The second-order valence-electron chi connectivity index (χ2n) is 6.76. The van der Waals surface area contributed by atoms with Crippen LogP contribution in [0.4, 0.5) is 10.7 Å². The van der Waals surface area contributed by atoms with Gasteiger partial charge in [-0.3, -0.25) is 9.59 Å². The number of esters is 1. The highest BCUT2D eigenvalue weighted by atomic mass is 32.1. The Morgan fingerprint density at radius 1 is 0.903 bits per heavy atom. The molecule has 0 fully saturated rings. The molecule has 0 bridgehead atoms. The second kappa shape index (κ2) is 9.44. The molecular weight excluding hydrogens is 416 g/mol. The quantitative estimate of drug-likeness (QED) is 0.546. The van der Waals surface area contributed by atoms with Crippen molar-refractivity contribution in [2.75, 3.05) is 24.9 Å². The number of aryl methyl sites for hydroxylation is 1. The third-order valence-electron chi connectivity index (χ3n) is 4.61. The minimum Gasteiger partial charge on any atom is -0.497 e. The van der Waals surface area contributed by atoms with Gasteiger partial charge in [0, 0.05) is 11.3 Å². The van der Waals surface area contributed by atoms with Gasteiger partial charge in [0.1, 0.15) is 10.8 Å². The SMILES string of the molecule is COC(=O)c1c(NC(=O)c2cccc(OC)c2)sc(C(=O)Nc2ccc(C)cc2)c1C. The van der Waals surface area contributed by atoms with E-state index in [0.29, 0.717) is 27.4 Å². The van der Waals surface area contributed by atoms with Crippen LogP contribution in [0.1, 0.15) is 41.5 Å². The molecule has 0 spiro atoms. The van der Waals surface area contributed by atoms with E-state index in [1.807, 2.05) is 19.1 Å². The van der Waals surface area contributed by atoms with Crippen molar-refractivity contribution in [3.8, 4) is 5.75 Å². The number of carbonyl (C=O) groups excluding carboxylic acids is 3. The van der Waals surface area contributed by atoms with Gasteiger partial charge in [-0.15, -0.1) is 11.3 Å². The molecule has 0 atom stereocenters. The zero-order valence-corrected chi connectivity index (χ0v) is 18.4. The molecule has 8 heteroatoms. The summed E-state index contributed by atoms with van der Waals surface area (Å²) in [6, 6.07) is 14.0. The monoisotopic (exact) mass is 438 g/mol. The van der Waals surface area contributed by atoms with E-state index < -0.39 is 11.9 Å². The number of rotatable bonds is 6. The van der Waals surface area contributed by atoms with Crippen molar-refractivity contribution in [2.24, 2.45) is 0 Å². The smallest absolute Gasteiger partial charge is 0.341 e. The normalized spacial score (nSPS) is 10.3. The summed E-state index contributed by atoms with van der Waals surface area (Å²) in [5.41, 5.74) is 2.64. The molecule has 0 unspecified atom stereocenters. The van der Waals surface area contributed by atoms with Crippen molar-refractivity contribution in [3.05, 3.63) is 75.7 Å². The fourth-order valence-corrected chi connectivity index (χ4v) is 4.02. The predicted octanol–water partition coefficient (Wildman–Crippen LogP) is 4.66. The van der Waals surface area contributed by atoms with Crippen LogP contribution >= 0.6 is 11.3 Å². The van der Waals surface area contributed by atoms with Gasteiger partial charge in [-0.1, -0.05) is 23.8 Å². The minimum atomic E-state index is -0.635. The molecule has 0 radical (unpaired) electrons. The summed E-state index contributed by atoms with van der Waals surface area (Å²) in [6.45, 7) is 3.60. The number of ether oxygens (including phenoxy) is 2. The maximum Gasteiger partial charge on any atom is 0.341 e. The summed E-state index contributed by atoms with van der Waals surface area (Å²) in [7, 11) is 2.76. The molecule has 31 heavy (non-hydrogen) atoms. The Morgan fingerprint density at radius 3 is 2.26 bits per heavy atom. The van der Waals surface area contributed by atoms with Crippen LogP contribution in [-0.4, -0.2) is 32.0 Å². The molecule has 7 nitrogen and oxygen atoms in total. The van der Waals surface area contributed by atoms with Gasteiger partial charge in [0.25, 0.3) is 11.8 Å². The van der Waals surface area contributed by atoms with Crippen LogP contribution in [0, 0.1) is 13.8 Å². The van der Waals surface area contributed by atoms with Crippen molar-refractivity contribution in [3.63, 3.8) is 0 Å². The Kier molecular flexibility index (Phi) is 6.71. The van der Waals surface area contributed by atoms with Crippen LogP contribution in [0.5, 0.6) is 5.75 Å². The maximum atomic E-state index is 12.9. The Morgan fingerprint density at radius 2 is 1.61 bits per heavy atom. The number of nitrogens with one attached hydrogen (secondary N) is 2. The molecule has 3 aromatic rings. The Balaban J connectivity index is 1.92. The van der Waals surface area contributed by atoms with Gasteiger partial charge in [-0.25, -0.2) is 4.79 Å². The van der Waals surface area contributed by atoms with Crippen molar-refractivity contribution >= 4 is 39.8 Å². The van der Waals surface area contributed by atoms with Crippen molar-refractivity contribution in [1.82, 2.24) is 0 Å². The zero-order chi connectivity index (χ0) is 22.5. The summed E-state index contributed by atoms with van der Waals surface area (Å²) >= 11 is 1.02. The lowest BCUT2D eigenvalue weighted by Crippen LogP contribution is -2.14. The van der Waals surface area contributed by atoms with Crippen molar-refractivity contribution < 1.29 is 23.9 Å². The number of anilines is 2. The van der Waals surface area contributed by atoms with E-state index in [1.54, 1.807) is 43.3 Å². The van der Waals surface area contributed by atoms with Gasteiger partial charge < -0.3 is 20.1 Å². The molecule has 0 saturated carbocycles. The van der Waals surface area contributed by atoms with E-state index in [-0.39, 0.29) is 16.5 Å². The lowest BCUT2D eigenvalue weighted by atomic mass is 10.1. The number of benzene rings is 2. The van der Waals surface area contributed by atoms with E-state index in [2.05, 4.69) is 10.6 Å². The topological polar surface area (TPSA) is 93.7 Å². The fraction of sp³-hybridized carbons (Fsp3) is 0.174. The lowest BCUT2D eigenvalue weighted by Gasteiger charge is -2.07. The largest absolute Gasteiger partial charge is 0.497 e. The van der Waals surface area contributed by atoms with Gasteiger partial charge in [0.2, 0.25) is 0 Å². The third kappa shape index (κ3) is 4.92. The first-order chi connectivity index (χ1) is 14.8.